The van der Waals surface area contributed by atoms with Gasteiger partial charge in [0.15, 0.2) is 4.77 Å². The molecule has 1 aliphatic rings. The lowest BCUT2D eigenvalue weighted by atomic mass is 10.2. The molecule has 0 spiro atoms. The van der Waals surface area contributed by atoms with Crippen LogP contribution in [0, 0.1) is 11.7 Å². The van der Waals surface area contributed by atoms with Crippen molar-refractivity contribution in [1.29, 1.82) is 0 Å². The standard InChI is InChI=1S/C21H25N3OS/c1-15-7-6-8-18(11-15)24-20-10-5-4-9-19(20)23(21(24)26)14-22-12-16(2)25-17(3)13-22/h4-11,16-17H,12-14H2,1-3H3/t16-,17-/m0/s1. The monoisotopic (exact) mass is 367 g/mol. The Kier molecular flexibility index (Phi) is 4.69. The molecule has 0 bridgehead atoms. The van der Waals surface area contributed by atoms with Gasteiger partial charge in [0.25, 0.3) is 0 Å². The van der Waals surface area contributed by atoms with Gasteiger partial charge in [-0.15, -0.1) is 0 Å². The van der Waals surface area contributed by atoms with E-state index in [4.69, 9.17) is 17.0 Å². The maximum Gasteiger partial charge on any atom is 0.186 e. The van der Waals surface area contributed by atoms with Crippen molar-refractivity contribution in [1.82, 2.24) is 14.0 Å². The fourth-order valence-corrected chi connectivity index (χ4v) is 4.32. The van der Waals surface area contributed by atoms with Crippen molar-refractivity contribution in [2.45, 2.75) is 39.6 Å². The Morgan fingerprint density at radius 2 is 1.69 bits per heavy atom. The van der Waals surface area contributed by atoms with Crippen molar-refractivity contribution in [2.24, 2.45) is 0 Å². The van der Waals surface area contributed by atoms with E-state index < -0.39 is 0 Å². The van der Waals surface area contributed by atoms with Gasteiger partial charge in [-0.3, -0.25) is 9.47 Å². The second kappa shape index (κ2) is 6.99. The van der Waals surface area contributed by atoms with E-state index >= 15 is 0 Å². The Balaban J connectivity index is 1.81. The smallest absolute Gasteiger partial charge is 0.186 e. The fraction of sp³-hybridized carbons (Fsp3) is 0.381. The number of aryl methyl sites for hydroxylation is 1. The molecule has 2 heterocycles. The van der Waals surface area contributed by atoms with Crippen LogP contribution in [-0.4, -0.2) is 39.3 Å². The van der Waals surface area contributed by atoms with Crippen LogP contribution in [0.5, 0.6) is 0 Å². The van der Waals surface area contributed by atoms with Gasteiger partial charge in [-0.2, -0.15) is 0 Å². The summed E-state index contributed by atoms with van der Waals surface area (Å²) < 4.78 is 11.1. The number of benzene rings is 2. The molecule has 0 amide bonds. The lowest BCUT2D eigenvalue weighted by Gasteiger charge is -2.35. The molecule has 0 aliphatic carbocycles. The van der Waals surface area contributed by atoms with Crippen LogP contribution < -0.4 is 0 Å². The largest absolute Gasteiger partial charge is 0.373 e. The van der Waals surface area contributed by atoms with Crippen molar-refractivity contribution in [3.8, 4) is 5.69 Å². The average Bonchev–Trinajstić information content (AvgIpc) is 2.86. The first-order valence-corrected chi connectivity index (χ1v) is 9.59. The van der Waals surface area contributed by atoms with E-state index in [1.165, 1.54) is 11.1 Å². The number of rotatable bonds is 3. The SMILES string of the molecule is Cc1cccc(-n2c(=S)n(CN3C[C@H](C)O[C@@H](C)C3)c3ccccc32)c1. The summed E-state index contributed by atoms with van der Waals surface area (Å²) >= 11 is 5.91. The third-order valence-electron chi connectivity index (χ3n) is 4.93. The molecular formula is C21H25N3OS. The fourth-order valence-electron chi connectivity index (χ4n) is 3.96. The summed E-state index contributed by atoms with van der Waals surface area (Å²) in [5, 5.41) is 0. The number of hydrogen-bond donors (Lipinski definition) is 0. The van der Waals surface area contributed by atoms with Gasteiger partial charge < -0.3 is 9.30 Å². The van der Waals surface area contributed by atoms with Crippen molar-refractivity contribution < 1.29 is 4.74 Å². The molecule has 136 valence electrons. The quantitative estimate of drug-likeness (QED) is 0.635. The summed E-state index contributed by atoms with van der Waals surface area (Å²) in [4.78, 5) is 2.43. The first-order chi connectivity index (χ1) is 12.5. The molecule has 0 unspecified atom stereocenters. The Hall–Kier alpha value is -1.95. The van der Waals surface area contributed by atoms with E-state index in [-0.39, 0.29) is 12.2 Å². The minimum absolute atomic E-state index is 0.248. The van der Waals surface area contributed by atoms with Crippen molar-refractivity contribution in [3.05, 3.63) is 58.9 Å². The van der Waals surface area contributed by atoms with Crippen LogP contribution in [0.1, 0.15) is 19.4 Å². The van der Waals surface area contributed by atoms with Crippen LogP contribution in [0.25, 0.3) is 16.7 Å². The van der Waals surface area contributed by atoms with Gasteiger partial charge in [-0.1, -0.05) is 24.3 Å². The highest BCUT2D eigenvalue weighted by Gasteiger charge is 2.23. The Morgan fingerprint density at radius 1 is 1.00 bits per heavy atom. The number of aromatic nitrogens is 2. The molecule has 5 heteroatoms. The molecule has 4 rings (SSSR count). The summed E-state index contributed by atoms with van der Waals surface area (Å²) in [6, 6.07) is 17.0. The zero-order chi connectivity index (χ0) is 18.3. The van der Waals surface area contributed by atoms with Crippen molar-refractivity contribution >= 4 is 23.3 Å². The van der Waals surface area contributed by atoms with E-state index in [2.05, 4.69) is 83.3 Å². The molecule has 1 aliphatic heterocycles. The molecule has 1 fully saturated rings. The minimum Gasteiger partial charge on any atom is -0.373 e. The molecule has 1 saturated heterocycles. The summed E-state index contributed by atoms with van der Waals surface area (Å²) in [7, 11) is 0. The molecule has 0 radical (unpaired) electrons. The molecule has 26 heavy (non-hydrogen) atoms. The van der Waals surface area contributed by atoms with Gasteiger partial charge in [0.2, 0.25) is 0 Å². The number of ether oxygens (including phenoxy) is 1. The van der Waals surface area contributed by atoms with E-state index in [9.17, 15) is 0 Å². The zero-order valence-corrected chi connectivity index (χ0v) is 16.4. The second-order valence-electron chi connectivity index (χ2n) is 7.31. The van der Waals surface area contributed by atoms with E-state index in [0.29, 0.717) is 0 Å². The van der Waals surface area contributed by atoms with Gasteiger partial charge in [-0.25, -0.2) is 0 Å². The summed E-state index contributed by atoms with van der Waals surface area (Å²) in [5.41, 5.74) is 4.67. The highest BCUT2D eigenvalue weighted by Crippen LogP contribution is 2.24. The van der Waals surface area contributed by atoms with E-state index in [1.54, 1.807) is 0 Å². The molecule has 3 aromatic rings. The molecule has 0 N–H and O–H groups in total. The second-order valence-corrected chi connectivity index (χ2v) is 7.67. The molecule has 4 nitrogen and oxygen atoms in total. The Labute approximate surface area is 159 Å². The first kappa shape index (κ1) is 17.5. The predicted octanol–water partition coefficient (Wildman–Crippen LogP) is 4.54. The van der Waals surface area contributed by atoms with Gasteiger partial charge in [-0.05, 0) is 62.8 Å². The van der Waals surface area contributed by atoms with Gasteiger partial charge in [0.1, 0.15) is 0 Å². The zero-order valence-electron chi connectivity index (χ0n) is 15.6. The minimum atomic E-state index is 0.248. The van der Waals surface area contributed by atoms with Crippen LogP contribution in [0.2, 0.25) is 0 Å². The summed E-state index contributed by atoms with van der Waals surface area (Å²) in [5.74, 6) is 0. The normalized spacial score (nSPS) is 21.3. The molecule has 0 saturated carbocycles. The summed E-state index contributed by atoms with van der Waals surface area (Å²) in [6.07, 6.45) is 0.496. The third-order valence-corrected chi connectivity index (χ3v) is 5.34. The highest BCUT2D eigenvalue weighted by atomic mass is 32.1. The third kappa shape index (κ3) is 3.22. The maximum absolute atomic E-state index is 5.91. The number of morpholine rings is 1. The van der Waals surface area contributed by atoms with Gasteiger partial charge in [0, 0.05) is 18.8 Å². The van der Waals surface area contributed by atoms with Crippen molar-refractivity contribution in [2.75, 3.05) is 13.1 Å². The number of nitrogens with zero attached hydrogens (tertiary/aromatic N) is 3. The van der Waals surface area contributed by atoms with E-state index in [1.807, 2.05) is 0 Å². The lowest BCUT2D eigenvalue weighted by molar-refractivity contribution is -0.0763. The summed E-state index contributed by atoms with van der Waals surface area (Å²) in [6.45, 7) is 9.03. The van der Waals surface area contributed by atoms with Gasteiger partial charge in [0.05, 0.1) is 29.9 Å². The lowest BCUT2D eigenvalue weighted by Crippen LogP contribution is -2.45. The topological polar surface area (TPSA) is 22.3 Å². The van der Waals surface area contributed by atoms with Gasteiger partial charge >= 0.3 is 0 Å². The molecule has 2 aromatic carbocycles. The number of fused-ring (bicyclic) bond motifs is 1. The van der Waals surface area contributed by atoms with Crippen LogP contribution in [0.3, 0.4) is 0 Å². The van der Waals surface area contributed by atoms with Crippen LogP contribution in [-0.2, 0) is 11.4 Å². The number of imidazole rings is 1. The number of para-hydroxylation sites is 2. The molecule has 1 aromatic heterocycles. The Bertz CT molecular complexity index is 980. The van der Waals surface area contributed by atoms with Crippen molar-refractivity contribution in [3.63, 3.8) is 0 Å². The van der Waals surface area contributed by atoms with Crippen LogP contribution in [0.15, 0.2) is 48.5 Å². The van der Waals surface area contributed by atoms with E-state index in [0.717, 1.165) is 35.7 Å². The molecular weight excluding hydrogens is 342 g/mol. The van der Waals surface area contributed by atoms with Crippen LogP contribution in [0.4, 0.5) is 0 Å². The average molecular weight is 368 g/mol. The number of hydrogen-bond acceptors (Lipinski definition) is 3. The highest BCUT2D eigenvalue weighted by molar-refractivity contribution is 7.71. The predicted molar refractivity (Wildman–Crippen MR) is 108 cm³/mol. The first-order valence-electron chi connectivity index (χ1n) is 9.18. The van der Waals surface area contributed by atoms with Crippen LogP contribution >= 0.6 is 12.2 Å². The molecule has 2 atom stereocenters. The maximum atomic E-state index is 5.91. The Morgan fingerprint density at radius 3 is 2.38 bits per heavy atom.